The molecule has 0 fully saturated rings. The van der Waals surface area contributed by atoms with Gasteiger partial charge in [-0.3, -0.25) is 9.59 Å². The van der Waals surface area contributed by atoms with Gasteiger partial charge < -0.3 is 37.9 Å². The number of halogens is 4. The molecule has 0 spiro atoms. The third-order valence-electron chi connectivity index (χ3n) is 8.80. The number of nitrogens with zero attached hydrogens (tertiary/aromatic N) is 4. The van der Waals surface area contributed by atoms with Gasteiger partial charge in [-0.2, -0.15) is 0 Å². The highest BCUT2D eigenvalue weighted by atomic mass is 35.5. The molecule has 328 valence electrons. The predicted molar refractivity (Wildman–Crippen MR) is 227 cm³/mol. The molecule has 0 radical (unpaired) electrons. The fourth-order valence-electron chi connectivity index (χ4n) is 5.46. The smallest absolute Gasteiger partial charge is 0.344 e. The number of ether oxygens (including phenoxy) is 5. The number of aromatic nitrogens is 4. The van der Waals surface area contributed by atoms with Crippen LogP contribution in [0.15, 0.2) is 117 Å². The Morgan fingerprint density at radius 2 is 1.05 bits per heavy atom. The Hall–Kier alpha value is -7.44. The minimum atomic E-state index is -1.18. The molecule has 6 rings (SSSR count). The maximum Gasteiger partial charge on any atom is 0.344 e. The number of carboxylic acid groups (broad SMARTS) is 1. The molecule has 0 saturated carbocycles. The Balaban J connectivity index is 0.000000239. The van der Waals surface area contributed by atoms with E-state index in [2.05, 4.69) is 6.58 Å². The monoisotopic (exact) mass is 908 g/mol. The van der Waals surface area contributed by atoms with Crippen LogP contribution in [0.4, 0.5) is 8.78 Å². The second-order valence-corrected chi connectivity index (χ2v) is 13.9. The molecule has 0 bridgehead atoms. The van der Waals surface area contributed by atoms with E-state index in [4.69, 9.17) is 52.0 Å². The lowest BCUT2D eigenvalue weighted by Crippen LogP contribution is -2.38. The highest BCUT2D eigenvalue weighted by Crippen LogP contribution is 2.38. The van der Waals surface area contributed by atoms with Crippen LogP contribution in [0, 0.1) is 25.5 Å². The molecule has 0 aliphatic carbocycles. The molecule has 0 unspecified atom stereocenters. The molecule has 1 N–H and O–H groups in total. The summed E-state index contributed by atoms with van der Waals surface area (Å²) in [4.78, 5) is 72.4. The molecular formula is C43H36Cl2F2N4O12. The van der Waals surface area contributed by atoms with E-state index in [0.29, 0.717) is 20.5 Å². The quantitative estimate of drug-likeness (QED) is 0.0934. The van der Waals surface area contributed by atoms with Crippen LogP contribution in [0.5, 0.6) is 34.5 Å². The molecule has 0 aliphatic heterocycles. The molecule has 4 aromatic carbocycles. The lowest BCUT2D eigenvalue weighted by Gasteiger charge is -2.15. The Kier molecular flexibility index (Phi) is 15.1. The van der Waals surface area contributed by atoms with Crippen molar-refractivity contribution in [2.45, 2.75) is 13.8 Å². The molecule has 0 saturated heterocycles. The fourth-order valence-corrected chi connectivity index (χ4v) is 5.84. The molecule has 6 aromatic rings. The maximum absolute atomic E-state index is 14.7. The summed E-state index contributed by atoms with van der Waals surface area (Å²) in [5.74, 6) is -3.08. The van der Waals surface area contributed by atoms with Gasteiger partial charge in [-0.25, -0.2) is 37.1 Å². The van der Waals surface area contributed by atoms with E-state index in [1.165, 1.54) is 53.6 Å². The van der Waals surface area contributed by atoms with Gasteiger partial charge in [0.05, 0.1) is 21.4 Å². The Bertz CT molecular complexity index is 2980. The van der Waals surface area contributed by atoms with Crippen molar-refractivity contribution in [2.75, 3.05) is 19.8 Å². The van der Waals surface area contributed by atoms with Gasteiger partial charge in [-0.15, -0.1) is 0 Å². The third-order valence-corrected chi connectivity index (χ3v) is 9.39. The van der Waals surface area contributed by atoms with Crippen LogP contribution in [0.25, 0.3) is 11.4 Å². The van der Waals surface area contributed by atoms with Crippen molar-refractivity contribution >= 4 is 35.1 Å². The van der Waals surface area contributed by atoms with Crippen molar-refractivity contribution in [3.05, 3.63) is 172 Å². The number of aryl methyl sites for hydroxylation is 2. The molecule has 16 nitrogen and oxygen atoms in total. The molecule has 0 aliphatic rings. The summed E-state index contributed by atoms with van der Waals surface area (Å²) in [6, 6.07) is 19.1. The lowest BCUT2D eigenvalue weighted by molar-refractivity contribution is -0.144. The van der Waals surface area contributed by atoms with E-state index in [-0.39, 0.29) is 69.1 Å². The molecule has 0 amide bonds. The van der Waals surface area contributed by atoms with E-state index < -0.39 is 52.7 Å². The van der Waals surface area contributed by atoms with Crippen LogP contribution in [0.1, 0.15) is 11.4 Å². The number of para-hydroxylation sites is 4. The first-order valence-corrected chi connectivity index (χ1v) is 19.0. The predicted octanol–water partition coefficient (Wildman–Crippen LogP) is 6.43. The third kappa shape index (κ3) is 11.1. The summed E-state index contributed by atoms with van der Waals surface area (Å²) < 4.78 is 60.0. The number of hydrogen-bond donors (Lipinski definition) is 1. The molecular weight excluding hydrogens is 873 g/mol. The molecule has 2 heterocycles. The van der Waals surface area contributed by atoms with Crippen LogP contribution in [-0.2, 0) is 28.4 Å². The zero-order valence-electron chi connectivity index (χ0n) is 33.7. The van der Waals surface area contributed by atoms with Gasteiger partial charge >= 0.3 is 23.3 Å². The van der Waals surface area contributed by atoms with Gasteiger partial charge in [0.25, 0.3) is 11.1 Å². The van der Waals surface area contributed by atoms with Crippen molar-refractivity contribution in [2.24, 2.45) is 14.1 Å². The minimum Gasteiger partial charge on any atom is -0.479 e. The lowest BCUT2D eigenvalue weighted by atomic mass is 10.2. The number of rotatable bonds is 14. The number of carboxylic acids is 1. The van der Waals surface area contributed by atoms with Crippen LogP contribution >= 0.6 is 23.2 Å². The zero-order valence-corrected chi connectivity index (χ0v) is 35.2. The van der Waals surface area contributed by atoms with Gasteiger partial charge in [-0.05, 0) is 50.2 Å². The molecule has 20 heteroatoms. The summed E-state index contributed by atoms with van der Waals surface area (Å²) in [6.45, 7) is 5.68. The van der Waals surface area contributed by atoms with Gasteiger partial charge in [0, 0.05) is 49.7 Å². The highest BCUT2D eigenvalue weighted by Gasteiger charge is 2.20. The van der Waals surface area contributed by atoms with Crippen molar-refractivity contribution in [3.8, 4) is 45.9 Å². The summed E-state index contributed by atoms with van der Waals surface area (Å²) in [6.07, 6.45) is 1.43. The second-order valence-electron chi connectivity index (χ2n) is 13.1. The number of hydrogen-bond acceptors (Lipinski definition) is 11. The normalized spacial score (nSPS) is 10.6. The van der Waals surface area contributed by atoms with Crippen LogP contribution in [0.3, 0.4) is 0 Å². The van der Waals surface area contributed by atoms with Crippen molar-refractivity contribution in [1.29, 1.82) is 0 Å². The van der Waals surface area contributed by atoms with E-state index in [1.807, 2.05) is 0 Å². The van der Waals surface area contributed by atoms with Crippen molar-refractivity contribution in [1.82, 2.24) is 18.3 Å². The maximum atomic E-state index is 14.7. The van der Waals surface area contributed by atoms with Crippen LogP contribution in [0.2, 0.25) is 10.0 Å². The fraction of sp³-hybridized carbons (Fsp3) is 0.163. The first-order valence-electron chi connectivity index (χ1n) is 18.3. The van der Waals surface area contributed by atoms with E-state index in [0.717, 1.165) is 24.3 Å². The SMILES string of the molecule is C=CCOC(=O)COc1ccccc1Oc1cc(-n2c(=O)cc(C)n(C)c2=O)c(F)cc1Cl.Cc1cc(=O)n(-c2cc(Oc3ccccc3OCC(=O)O)c(Cl)cc2F)c(=O)n1C. The van der Waals surface area contributed by atoms with Gasteiger partial charge in [0.1, 0.15) is 29.7 Å². The minimum absolute atomic E-state index is 0.0344. The average Bonchev–Trinajstić information content (AvgIpc) is 3.23. The number of carbonyl (C=O) groups is 2. The average molecular weight is 910 g/mol. The van der Waals surface area contributed by atoms with Gasteiger partial charge in [0.2, 0.25) is 0 Å². The number of benzene rings is 4. The first kappa shape index (κ1) is 46.6. The topological polar surface area (TPSA) is 189 Å². The number of aliphatic carboxylic acids is 1. The summed E-state index contributed by atoms with van der Waals surface area (Å²) in [5.41, 5.74) is -2.72. The first-order chi connectivity index (χ1) is 29.9. The number of carbonyl (C=O) groups excluding carboxylic acids is 1. The second kappa shape index (κ2) is 20.4. The van der Waals surface area contributed by atoms with Crippen LogP contribution in [-0.4, -0.2) is 55.1 Å². The van der Waals surface area contributed by atoms with Crippen LogP contribution < -0.4 is 41.4 Å². The highest BCUT2D eigenvalue weighted by molar-refractivity contribution is 6.32. The Morgan fingerprint density at radius 1 is 0.651 bits per heavy atom. The van der Waals surface area contributed by atoms with Crippen molar-refractivity contribution < 1.29 is 47.2 Å². The van der Waals surface area contributed by atoms with E-state index in [1.54, 1.807) is 50.2 Å². The van der Waals surface area contributed by atoms with E-state index in [9.17, 15) is 37.5 Å². The molecule has 63 heavy (non-hydrogen) atoms. The van der Waals surface area contributed by atoms with Gasteiger partial charge in [0.15, 0.2) is 36.2 Å². The zero-order chi connectivity index (χ0) is 46.1. The Labute approximate surface area is 365 Å². The standard InChI is InChI=1S/C23H20ClFN2O6.C20H16ClFN2O6/c1-4-9-31-22(29)13-32-18-7-5-6-8-19(18)33-20-12-17(16(25)11-15(20)24)27-21(28)10-14(2)26(3)23(27)30;1-11-7-18(25)24(20(28)23(11)2)14-9-17(12(21)8-13(14)22)30-16-6-4-3-5-15(16)29-10-19(26)27/h4-8,10-12H,1,9,13H2,2-3H3;3-9H,10H2,1-2H3,(H,26,27). The van der Waals surface area contributed by atoms with E-state index >= 15 is 0 Å². The summed E-state index contributed by atoms with van der Waals surface area (Å²) in [5, 5.41) is 8.57. The largest absolute Gasteiger partial charge is 0.479 e. The number of esters is 1. The summed E-state index contributed by atoms with van der Waals surface area (Å²) >= 11 is 12.2. The van der Waals surface area contributed by atoms with Crippen molar-refractivity contribution in [3.63, 3.8) is 0 Å². The molecule has 0 atom stereocenters. The summed E-state index contributed by atoms with van der Waals surface area (Å²) in [7, 11) is 2.92. The Morgan fingerprint density at radius 3 is 1.44 bits per heavy atom. The van der Waals surface area contributed by atoms with Gasteiger partial charge in [-0.1, -0.05) is 60.1 Å². The molecule has 2 aromatic heterocycles.